The van der Waals surface area contributed by atoms with Gasteiger partial charge in [0.05, 0.1) is 0 Å². The van der Waals surface area contributed by atoms with Gasteiger partial charge in [-0.15, -0.1) is 0 Å². The van der Waals surface area contributed by atoms with Gasteiger partial charge >= 0.3 is 18.4 Å². The van der Waals surface area contributed by atoms with Crippen molar-refractivity contribution in [2.24, 2.45) is 5.92 Å². The van der Waals surface area contributed by atoms with Crippen molar-refractivity contribution in [1.82, 2.24) is 0 Å². The van der Waals surface area contributed by atoms with Gasteiger partial charge in [0.1, 0.15) is 18.1 Å². The zero-order chi connectivity index (χ0) is 19.8. The third-order valence-corrected chi connectivity index (χ3v) is 5.99. The quantitative estimate of drug-likeness (QED) is 0.392. The second-order valence-corrected chi connectivity index (χ2v) is 7.92. The van der Waals surface area contributed by atoms with Gasteiger partial charge in [-0.05, 0) is 51.0 Å². The van der Waals surface area contributed by atoms with E-state index in [0.717, 1.165) is 44.9 Å². The first kappa shape index (κ1) is 20.6. The molecule has 6 heteroatoms. The molecule has 1 radical (unpaired) electrons. The van der Waals surface area contributed by atoms with Crippen LogP contribution in [0.3, 0.4) is 0 Å². The average molecular weight is 389 g/mol. The molecule has 2 fully saturated rings. The molecule has 3 aliphatic rings. The number of carbonyl (C=O) groups is 2. The first-order valence-corrected chi connectivity index (χ1v) is 10.5. The molecule has 3 aliphatic carbocycles. The van der Waals surface area contributed by atoms with Crippen LogP contribution in [-0.2, 0) is 28.6 Å². The number of hydrogen-bond acceptors (Lipinski definition) is 6. The van der Waals surface area contributed by atoms with E-state index in [9.17, 15) is 14.4 Å². The maximum Gasteiger partial charge on any atom is 0.418 e. The number of rotatable bonds is 6. The number of carbonyl (C=O) groups excluding carboxylic acids is 3. The summed E-state index contributed by atoms with van der Waals surface area (Å²) in [4.78, 5) is 37.2. The van der Waals surface area contributed by atoms with Crippen LogP contribution in [-0.4, -0.2) is 36.2 Å². The molecule has 3 rings (SSSR count). The number of esters is 2. The van der Waals surface area contributed by atoms with Crippen LogP contribution < -0.4 is 0 Å². The van der Waals surface area contributed by atoms with E-state index in [0.29, 0.717) is 19.3 Å². The molecule has 3 unspecified atom stereocenters. The van der Waals surface area contributed by atoms with E-state index < -0.39 is 29.6 Å². The summed E-state index contributed by atoms with van der Waals surface area (Å²) in [7, 11) is 0. The fourth-order valence-electron chi connectivity index (χ4n) is 4.42. The Morgan fingerprint density at radius 1 is 0.929 bits per heavy atom. The third kappa shape index (κ3) is 4.83. The van der Waals surface area contributed by atoms with Crippen LogP contribution in [0, 0.1) is 5.92 Å². The standard InChI is InChI=1S/C22H29O6/c23-16-26-22(21(25)28-18-12-6-3-7-13-18)15-9-8-14-19(22)20(24)27-17-10-4-1-2-5-11-17/h3,6-7,12,17-19H,1-2,4-5,8-11,13-15H2. The zero-order valence-corrected chi connectivity index (χ0v) is 16.3. The highest BCUT2D eigenvalue weighted by Gasteiger charge is 2.55. The highest BCUT2D eigenvalue weighted by molar-refractivity contribution is 5.89. The predicted octanol–water partition coefficient (Wildman–Crippen LogP) is 3.69. The van der Waals surface area contributed by atoms with Crippen molar-refractivity contribution in [2.45, 2.75) is 88.4 Å². The van der Waals surface area contributed by atoms with Crippen molar-refractivity contribution >= 4 is 18.4 Å². The van der Waals surface area contributed by atoms with Crippen LogP contribution in [0.25, 0.3) is 0 Å². The molecule has 0 aromatic heterocycles. The van der Waals surface area contributed by atoms with E-state index in [1.165, 1.54) is 6.47 Å². The maximum atomic E-state index is 13.0. The van der Waals surface area contributed by atoms with Gasteiger partial charge in [-0.3, -0.25) is 4.79 Å². The predicted molar refractivity (Wildman–Crippen MR) is 102 cm³/mol. The van der Waals surface area contributed by atoms with Crippen LogP contribution in [0.15, 0.2) is 24.3 Å². The van der Waals surface area contributed by atoms with E-state index in [2.05, 4.69) is 0 Å². The Morgan fingerprint density at radius 3 is 2.36 bits per heavy atom. The van der Waals surface area contributed by atoms with Gasteiger partial charge in [-0.1, -0.05) is 37.5 Å². The molecule has 2 saturated carbocycles. The van der Waals surface area contributed by atoms with Gasteiger partial charge in [0.25, 0.3) is 0 Å². The van der Waals surface area contributed by atoms with Crippen LogP contribution in [0.5, 0.6) is 0 Å². The lowest BCUT2D eigenvalue weighted by Crippen LogP contribution is -2.55. The van der Waals surface area contributed by atoms with E-state index in [-0.39, 0.29) is 12.5 Å². The van der Waals surface area contributed by atoms with Crippen molar-refractivity contribution in [3.8, 4) is 0 Å². The zero-order valence-electron chi connectivity index (χ0n) is 16.3. The lowest BCUT2D eigenvalue weighted by Gasteiger charge is -2.39. The summed E-state index contributed by atoms with van der Waals surface area (Å²) in [6, 6.07) is 0. The monoisotopic (exact) mass is 389 g/mol. The van der Waals surface area contributed by atoms with Crippen molar-refractivity contribution < 1.29 is 28.6 Å². The van der Waals surface area contributed by atoms with Gasteiger partial charge < -0.3 is 14.2 Å². The normalized spacial score (nSPS) is 30.9. The lowest BCUT2D eigenvalue weighted by molar-refractivity contribution is -0.188. The second kappa shape index (κ2) is 9.89. The van der Waals surface area contributed by atoms with Gasteiger partial charge in [0.15, 0.2) is 0 Å². The molecule has 153 valence electrons. The van der Waals surface area contributed by atoms with Gasteiger partial charge in [-0.25, -0.2) is 9.59 Å². The average Bonchev–Trinajstić information content (AvgIpc) is 2.98. The smallest absolute Gasteiger partial charge is 0.418 e. The minimum Gasteiger partial charge on any atom is -0.462 e. The Kier molecular flexibility index (Phi) is 7.29. The Bertz CT molecular complexity index is 617. The summed E-state index contributed by atoms with van der Waals surface area (Å²) in [5, 5.41) is 0. The van der Waals surface area contributed by atoms with E-state index in [4.69, 9.17) is 14.2 Å². The van der Waals surface area contributed by atoms with Crippen LogP contribution in [0.4, 0.5) is 0 Å². The lowest BCUT2D eigenvalue weighted by atomic mass is 9.75. The number of hydrogen-bond donors (Lipinski definition) is 0. The first-order chi connectivity index (χ1) is 13.7. The van der Waals surface area contributed by atoms with Crippen LogP contribution in [0.1, 0.15) is 70.6 Å². The molecule has 0 aromatic carbocycles. The molecule has 0 saturated heterocycles. The molecule has 28 heavy (non-hydrogen) atoms. The molecule has 0 spiro atoms. The molecule has 3 atom stereocenters. The molecule has 0 amide bonds. The fraction of sp³-hybridized carbons (Fsp3) is 0.682. The van der Waals surface area contributed by atoms with E-state index in [1.807, 2.05) is 12.2 Å². The summed E-state index contributed by atoms with van der Waals surface area (Å²) < 4.78 is 16.6. The largest absolute Gasteiger partial charge is 0.462 e. The Balaban J connectivity index is 1.74. The van der Waals surface area contributed by atoms with E-state index in [1.54, 1.807) is 12.2 Å². The van der Waals surface area contributed by atoms with Gasteiger partial charge in [0, 0.05) is 6.42 Å². The fourth-order valence-corrected chi connectivity index (χ4v) is 4.42. The summed E-state index contributed by atoms with van der Waals surface area (Å²) in [5.74, 6) is -1.98. The van der Waals surface area contributed by atoms with Crippen LogP contribution >= 0.6 is 0 Å². The highest BCUT2D eigenvalue weighted by Crippen LogP contribution is 2.39. The Labute approximate surface area is 166 Å². The topological polar surface area (TPSA) is 78.9 Å². The summed E-state index contributed by atoms with van der Waals surface area (Å²) in [6.07, 6.45) is 15.6. The Hall–Kier alpha value is -2.11. The van der Waals surface area contributed by atoms with Gasteiger partial charge in [-0.2, -0.15) is 0 Å². The molecule has 0 heterocycles. The van der Waals surface area contributed by atoms with E-state index >= 15 is 0 Å². The van der Waals surface area contributed by atoms with Crippen LogP contribution in [0.2, 0.25) is 0 Å². The summed E-state index contributed by atoms with van der Waals surface area (Å²) >= 11 is 0. The summed E-state index contributed by atoms with van der Waals surface area (Å²) in [5.41, 5.74) is -1.64. The summed E-state index contributed by atoms with van der Waals surface area (Å²) in [6.45, 7) is 1.40. The van der Waals surface area contributed by atoms with Crippen molar-refractivity contribution in [3.05, 3.63) is 24.3 Å². The third-order valence-electron chi connectivity index (χ3n) is 5.99. The second-order valence-electron chi connectivity index (χ2n) is 7.92. The minimum absolute atomic E-state index is 0.128. The molecule has 0 aliphatic heterocycles. The molecule has 6 nitrogen and oxygen atoms in total. The van der Waals surface area contributed by atoms with Crippen molar-refractivity contribution in [2.75, 3.05) is 0 Å². The molecule has 0 aromatic rings. The van der Waals surface area contributed by atoms with Crippen molar-refractivity contribution in [1.29, 1.82) is 0 Å². The SMILES string of the molecule is O=[C]OC1(C(=O)OC2C=CC=CC2)CCCCC1C(=O)OC1CCCCCC1. The number of ether oxygens (including phenoxy) is 3. The molecule has 0 N–H and O–H groups in total. The molecular weight excluding hydrogens is 360 g/mol. The molecular formula is C22H29O6. The first-order valence-electron chi connectivity index (χ1n) is 10.5. The number of allylic oxidation sites excluding steroid dienone is 2. The van der Waals surface area contributed by atoms with Crippen molar-refractivity contribution in [3.63, 3.8) is 0 Å². The minimum atomic E-state index is -1.64. The maximum absolute atomic E-state index is 13.0. The van der Waals surface area contributed by atoms with Gasteiger partial charge in [0.2, 0.25) is 5.60 Å². The molecule has 0 bridgehead atoms. The highest BCUT2D eigenvalue weighted by atomic mass is 16.6. The Morgan fingerprint density at radius 2 is 1.68 bits per heavy atom.